The fourth-order valence-electron chi connectivity index (χ4n) is 1.26. The van der Waals surface area contributed by atoms with Gasteiger partial charge in [-0.15, -0.1) is 0 Å². The number of carboxylic acids is 1. The second-order valence-electron chi connectivity index (χ2n) is 3.26. The third-order valence-electron chi connectivity index (χ3n) is 2.16. The maximum atomic E-state index is 11.5. The zero-order valence-electron chi connectivity index (χ0n) is 8.61. The summed E-state index contributed by atoms with van der Waals surface area (Å²) in [5, 5.41) is 18.0. The summed E-state index contributed by atoms with van der Waals surface area (Å²) < 4.78 is 0.655. The van der Waals surface area contributed by atoms with Crippen molar-refractivity contribution in [1.29, 1.82) is 0 Å². The smallest absolute Gasteiger partial charge is 0.337 e. The molecule has 2 N–H and O–H groups in total. The molecule has 0 radical (unpaired) electrons. The van der Waals surface area contributed by atoms with Crippen LogP contribution in [0, 0.1) is 3.57 Å². The van der Waals surface area contributed by atoms with Gasteiger partial charge in [0.1, 0.15) is 0 Å². The molecular formula is C11H11IO4. The van der Waals surface area contributed by atoms with Crippen LogP contribution in [0.25, 0.3) is 0 Å². The Bertz CT molecular complexity index is 428. The molecular weight excluding hydrogens is 323 g/mol. The van der Waals surface area contributed by atoms with E-state index in [4.69, 9.17) is 5.11 Å². The summed E-state index contributed by atoms with van der Waals surface area (Å²) in [4.78, 5) is 22.0. The first-order valence-corrected chi connectivity index (χ1v) is 5.78. The molecule has 0 saturated heterocycles. The van der Waals surface area contributed by atoms with Crippen LogP contribution in [0.1, 0.15) is 35.4 Å². The minimum Gasteiger partial charge on any atom is -0.479 e. The van der Waals surface area contributed by atoms with Crippen molar-refractivity contribution in [1.82, 2.24) is 0 Å². The lowest BCUT2D eigenvalue weighted by atomic mass is 10.0. The molecule has 0 saturated carbocycles. The molecule has 0 aliphatic heterocycles. The first-order chi connectivity index (χ1) is 7.47. The second-order valence-corrected chi connectivity index (χ2v) is 4.42. The topological polar surface area (TPSA) is 74.6 Å². The lowest BCUT2D eigenvalue weighted by Gasteiger charge is -2.08. The Morgan fingerprint density at radius 1 is 1.44 bits per heavy atom. The van der Waals surface area contributed by atoms with Gasteiger partial charge in [-0.3, -0.25) is 4.79 Å². The van der Waals surface area contributed by atoms with Crippen molar-refractivity contribution in [3.05, 3.63) is 32.9 Å². The van der Waals surface area contributed by atoms with Crippen molar-refractivity contribution in [2.24, 2.45) is 0 Å². The number of ketones is 1. The monoisotopic (exact) mass is 334 g/mol. The van der Waals surface area contributed by atoms with Crippen LogP contribution in [0.3, 0.4) is 0 Å². The maximum absolute atomic E-state index is 11.5. The van der Waals surface area contributed by atoms with E-state index in [1.807, 2.05) is 22.6 Å². The molecule has 5 heteroatoms. The fourth-order valence-corrected chi connectivity index (χ4v) is 2.10. The molecule has 0 aliphatic carbocycles. The van der Waals surface area contributed by atoms with E-state index >= 15 is 0 Å². The van der Waals surface area contributed by atoms with E-state index in [0.29, 0.717) is 15.6 Å². The number of carbonyl (C=O) groups is 2. The van der Waals surface area contributed by atoms with Gasteiger partial charge in [0.2, 0.25) is 0 Å². The zero-order valence-corrected chi connectivity index (χ0v) is 10.8. The molecule has 0 heterocycles. The predicted molar refractivity (Wildman–Crippen MR) is 66.4 cm³/mol. The number of carboxylic acid groups (broad SMARTS) is 1. The summed E-state index contributed by atoms with van der Waals surface area (Å²) in [6.07, 6.45) is -1.14. The number of hydrogen-bond acceptors (Lipinski definition) is 3. The summed E-state index contributed by atoms with van der Waals surface area (Å²) in [5.41, 5.74) is 0.842. The van der Waals surface area contributed by atoms with Crippen LogP contribution in [0.4, 0.5) is 0 Å². The van der Waals surface area contributed by atoms with Crippen LogP contribution in [-0.2, 0) is 4.79 Å². The van der Waals surface area contributed by atoms with E-state index in [-0.39, 0.29) is 11.3 Å². The molecule has 4 nitrogen and oxygen atoms in total. The Labute approximate surface area is 106 Å². The molecule has 0 fully saturated rings. The van der Waals surface area contributed by atoms with Crippen LogP contribution in [0.5, 0.6) is 0 Å². The highest BCUT2D eigenvalue weighted by Crippen LogP contribution is 2.20. The average Bonchev–Trinajstić information content (AvgIpc) is 2.26. The fraction of sp³-hybridized carbons (Fsp3) is 0.273. The highest BCUT2D eigenvalue weighted by atomic mass is 127. The van der Waals surface area contributed by atoms with Crippen LogP contribution in [0.15, 0.2) is 18.2 Å². The molecule has 0 amide bonds. The van der Waals surface area contributed by atoms with E-state index in [0.717, 1.165) is 0 Å². The van der Waals surface area contributed by atoms with Gasteiger partial charge in [0.15, 0.2) is 11.9 Å². The lowest BCUT2D eigenvalue weighted by molar-refractivity contribution is -0.146. The van der Waals surface area contributed by atoms with Gasteiger partial charge in [0.25, 0.3) is 0 Å². The zero-order chi connectivity index (χ0) is 12.3. The Balaban J connectivity index is 3.08. The van der Waals surface area contributed by atoms with Gasteiger partial charge in [-0.1, -0.05) is 13.0 Å². The van der Waals surface area contributed by atoms with E-state index < -0.39 is 12.1 Å². The number of carbonyl (C=O) groups excluding carboxylic acids is 1. The Kier molecular flexibility index (Phi) is 4.43. The van der Waals surface area contributed by atoms with Gasteiger partial charge in [0.05, 0.1) is 0 Å². The minimum absolute atomic E-state index is 0.000708. The van der Waals surface area contributed by atoms with Crippen molar-refractivity contribution in [2.75, 3.05) is 0 Å². The second kappa shape index (κ2) is 5.40. The van der Waals surface area contributed by atoms with Gasteiger partial charge in [-0.05, 0) is 40.3 Å². The maximum Gasteiger partial charge on any atom is 0.337 e. The van der Waals surface area contributed by atoms with E-state index in [2.05, 4.69) is 0 Å². The number of halogens is 1. The molecule has 86 valence electrons. The molecule has 1 aromatic carbocycles. The van der Waals surface area contributed by atoms with E-state index in [9.17, 15) is 14.7 Å². The molecule has 1 atom stereocenters. The number of aliphatic hydroxyl groups is 1. The van der Waals surface area contributed by atoms with Crippen molar-refractivity contribution in [3.63, 3.8) is 0 Å². The lowest BCUT2D eigenvalue weighted by Crippen LogP contribution is -2.11. The third-order valence-corrected chi connectivity index (χ3v) is 3.06. The van der Waals surface area contributed by atoms with Gasteiger partial charge in [0, 0.05) is 15.6 Å². The van der Waals surface area contributed by atoms with Crippen molar-refractivity contribution < 1.29 is 19.8 Å². The Morgan fingerprint density at radius 2 is 2.06 bits per heavy atom. The normalized spacial score (nSPS) is 12.2. The number of hydrogen-bond donors (Lipinski definition) is 2. The SMILES string of the molecule is CCC(=O)c1ccc(C(O)C(=O)O)cc1I. The summed E-state index contributed by atoms with van der Waals surface area (Å²) in [6, 6.07) is 4.53. The molecule has 1 unspecified atom stereocenters. The molecule has 0 aliphatic rings. The Morgan fingerprint density at radius 3 is 2.50 bits per heavy atom. The highest BCUT2D eigenvalue weighted by Gasteiger charge is 2.17. The Hall–Kier alpha value is -0.950. The van der Waals surface area contributed by atoms with Crippen molar-refractivity contribution >= 4 is 34.3 Å². The summed E-state index contributed by atoms with van der Waals surface area (Å²) in [7, 11) is 0. The summed E-state index contributed by atoms with van der Waals surface area (Å²) >= 11 is 1.96. The van der Waals surface area contributed by atoms with Gasteiger partial charge >= 0.3 is 5.97 Å². The number of rotatable bonds is 4. The molecule has 0 spiro atoms. The quantitative estimate of drug-likeness (QED) is 0.652. The van der Waals surface area contributed by atoms with E-state index in [1.54, 1.807) is 13.0 Å². The summed E-state index contributed by atoms with van der Waals surface area (Å²) in [6.45, 7) is 1.76. The van der Waals surface area contributed by atoms with Crippen LogP contribution >= 0.6 is 22.6 Å². The van der Waals surface area contributed by atoms with Gasteiger partial charge in [-0.25, -0.2) is 4.79 Å². The van der Waals surface area contributed by atoms with Crippen molar-refractivity contribution in [2.45, 2.75) is 19.4 Å². The molecule has 0 bridgehead atoms. The largest absolute Gasteiger partial charge is 0.479 e. The minimum atomic E-state index is -1.54. The number of benzene rings is 1. The first kappa shape index (κ1) is 13.1. The highest BCUT2D eigenvalue weighted by molar-refractivity contribution is 14.1. The molecule has 16 heavy (non-hydrogen) atoms. The first-order valence-electron chi connectivity index (χ1n) is 4.71. The molecule has 0 aromatic heterocycles. The molecule has 1 aromatic rings. The average molecular weight is 334 g/mol. The third kappa shape index (κ3) is 2.79. The van der Waals surface area contributed by atoms with Crippen LogP contribution in [-0.4, -0.2) is 22.0 Å². The number of aliphatic carboxylic acids is 1. The van der Waals surface area contributed by atoms with Gasteiger partial charge < -0.3 is 10.2 Å². The van der Waals surface area contributed by atoms with Crippen molar-refractivity contribution in [3.8, 4) is 0 Å². The predicted octanol–water partition coefficient (Wildman–Crippen LogP) is 2.00. The standard InChI is InChI=1S/C11H11IO4/c1-2-9(13)7-4-3-6(5-8(7)12)10(14)11(15)16/h3-5,10,14H,2H2,1H3,(H,15,16). The molecule has 1 rings (SSSR count). The number of Topliss-reactive ketones (excluding diaryl/α,β-unsaturated/α-hetero) is 1. The van der Waals surface area contributed by atoms with E-state index in [1.165, 1.54) is 12.1 Å². The summed E-state index contributed by atoms with van der Waals surface area (Å²) in [5.74, 6) is -1.30. The van der Waals surface area contributed by atoms with Crippen LogP contribution in [0.2, 0.25) is 0 Å². The number of aliphatic hydroxyl groups excluding tert-OH is 1. The van der Waals surface area contributed by atoms with Gasteiger partial charge in [-0.2, -0.15) is 0 Å². The van der Waals surface area contributed by atoms with Crippen LogP contribution < -0.4 is 0 Å².